The molecule has 0 aliphatic carbocycles. The lowest BCUT2D eigenvalue weighted by Crippen LogP contribution is -2.27. The zero-order valence-corrected chi connectivity index (χ0v) is 20.6. The van der Waals surface area contributed by atoms with Gasteiger partial charge in [-0.05, 0) is 60.2 Å². The van der Waals surface area contributed by atoms with Crippen LogP contribution in [0.5, 0.6) is 0 Å². The maximum Gasteiger partial charge on any atom is 0.293 e. The molecule has 2 amide bonds. The van der Waals surface area contributed by atoms with Crippen molar-refractivity contribution in [2.45, 2.75) is 20.0 Å². The number of amides is 2. The highest BCUT2D eigenvalue weighted by Gasteiger charge is 2.35. The summed E-state index contributed by atoms with van der Waals surface area (Å²) in [7, 11) is 0. The van der Waals surface area contributed by atoms with Crippen molar-refractivity contribution in [2.75, 3.05) is 0 Å². The van der Waals surface area contributed by atoms with E-state index in [1.54, 1.807) is 12.1 Å². The smallest absolute Gasteiger partial charge is 0.293 e. The summed E-state index contributed by atoms with van der Waals surface area (Å²) in [6, 6.07) is 23.0. The minimum atomic E-state index is -0.285. The summed E-state index contributed by atoms with van der Waals surface area (Å²) >= 11 is 13.4. The van der Waals surface area contributed by atoms with Crippen molar-refractivity contribution in [1.82, 2.24) is 9.47 Å². The van der Waals surface area contributed by atoms with E-state index in [4.69, 9.17) is 23.2 Å². The second kappa shape index (κ2) is 9.34. The van der Waals surface area contributed by atoms with Gasteiger partial charge < -0.3 is 4.57 Å². The maximum absolute atomic E-state index is 13.1. The van der Waals surface area contributed by atoms with Gasteiger partial charge in [0.1, 0.15) is 0 Å². The van der Waals surface area contributed by atoms with Crippen LogP contribution in [0.15, 0.2) is 77.7 Å². The first-order valence-electron chi connectivity index (χ1n) is 10.7. The van der Waals surface area contributed by atoms with E-state index >= 15 is 0 Å². The summed E-state index contributed by atoms with van der Waals surface area (Å²) in [5, 5.41) is 2.08. The Labute approximate surface area is 211 Å². The van der Waals surface area contributed by atoms with Gasteiger partial charge in [-0.3, -0.25) is 14.5 Å². The van der Waals surface area contributed by atoms with Gasteiger partial charge in [0.05, 0.1) is 11.4 Å². The fourth-order valence-corrected chi connectivity index (χ4v) is 5.32. The minimum absolute atomic E-state index is 0.215. The van der Waals surface area contributed by atoms with Crippen molar-refractivity contribution in [3.63, 3.8) is 0 Å². The number of carbonyl (C=O) groups excluding carboxylic acids is 2. The Morgan fingerprint density at radius 1 is 0.882 bits per heavy atom. The topological polar surface area (TPSA) is 42.3 Å². The second-order valence-corrected chi connectivity index (χ2v) is 9.92. The third kappa shape index (κ3) is 4.27. The largest absolute Gasteiger partial charge is 0.340 e. The average Bonchev–Trinajstić information content (AvgIpc) is 3.25. The predicted octanol–water partition coefficient (Wildman–Crippen LogP) is 7.54. The van der Waals surface area contributed by atoms with Gasteiger partial charge in [0.2, 0.25) is 0 Å². The van der Waals surface area contributed by atoms with E-state index in [0.29, 0.717) is 21.5 Å². The first-order chi connectivity index (χ1) is 16.4. The summed E-state index contributed by atoms with van der Waals surface area (Å²) in [6.45, 7) is 2.85. The van der Waals surface area contributed by atoms with E-state index in [9.17, 15) is 9.59 Å². The lowest BCUT2D eigenvalue weighted by molar-refractivity contribution is -0.123. The summed E-state index contributed by atoms with van der Waals surface area (Å²) < 4.78 is 2.19. The molecule has 1 fully saturated rings. The molecular weight excluding hydrogens is 487 g/mol. The zero-order chi connectivity index (χ0) is 23.8. The lowest BCUT2D eigenvalue weighted by Gasteiger charge is -2.12. The number of halogens is 2. The van der Waals surface area contributed by atoms with Crippen LogP contribution in [0.25, 0.3) is 17.0 Å². The second-order valence-electron chi connectivity index (χ2n) is 8.09. The molecule has 5 rings (SSSR count). The SMILES string of the molecule is Cc1c(/C=C2/SC(=O)N(Cc3ccc(Cl)cc3)C2=O)c2ccccc2n1Cc1ccccc1Cl. The van der Waals surface area contributed by atoms with Crippen LogP contribution in [0, 0.1) is 6.92 Å². The molecule has 4 aromatic rings. The Morgan fingerprint density at radius 2 is 1.59 bits per heavy atom. The third-order valence-electron chi connectivity index (χ3n) is 5.97. The number of hydrogen-bond acceptors (Lipinski definition) is 3. The fourth-order valence-electron chi connectivity index (χ4n) is 4.18. The number of benzene rings is 3. The molecule has 1 aliphatic rings. The molecule has 0 spiro atoms. The van der Waals surface area contributed by atoms with Crippen LogP contribution in [0.2, 0.25) is 10.0 Å². The van der Waals surface area contributed by atoms with Gasteiger partial charge in [0, 0.05) is 38.8 Å². The van der Waals surface area contributed by atoms with Gasteiger partial charge in [-0.15, -0.1) is 0 Å². The molecule has 4 nitrogen and oxygen atoms in total. The van der Waals surface area contributed by atoms with Crippen molar-refractivity contribution < 1.29 is 9.59 Å². The molecule has 1 aliphatic heterocycles. The number of nitrogens with zero attached hydrogens (tertiary/aromatic N) is 2. The molecule has 2 heterocycles. The van der Waals surface area contributed by atoms with Crippen LogP contribution in [0.1, 0.15) is 22.4 Å². The fraction of sp³-hybridized carbons (Fsp3) is 0.111. The Bertz CT molecular complexity index is 1460. The number of rotatable bonds is 5. The number of para-hydroxylation sites is 1. The Morgan fingerprint density at radius 3 is 2.35 bits per heavy atom. The van der Waals surface area contributed by atoms with Crippen molar-refractivity contribution in [3.8, 4) is 0 Å². The van der Waals surface area contributed by atoms with E-state index in [-0.39, 0.29) is 17.7 Å². The minimum Gasteiger partial charge on any atom is -0.340 e. The number of aromatic nitrogens is 1. The molecular formula is C27H20Cl2N2O2S. The quantitative estimate of drug-likeness (QED) is 0.262. The molecule has 1 saturated heterocycles. The molecule has 3 aromatic carbocycles. The lowest BCUT2D eigenvalue weighted by atomic mass is 10.1. The standard InChI is InChI=1S/C27H20Cl2N2O2S/c1-17-22(14-25-26(32)31(27(33)34-25)15-18-10-12-20(28)13-11-18)21-7-3-5-9-24(21)30(17)16-19-6-2-4-8-23(19)29/h2-14H,15-16H2,1H3/b25-14+. The number of carbonyl (C=O) groups is 2. The number of hydrogen-bond donors (Lipinski definition) is 0. The van der Waals surface area contributed by atoms with Crippen LogP contribution >= 0.6 is 35.0 Å². The van der Waals surface area contributed by atoms with E-state index in [1.165, 1.54) is 4.90 Å². The maximum atomic E-state index is 13.1. The van der Waals surface area contributed by atoms with Gasteiger partial charge in [-0.2, -0.15) is 0 Å². The van der Waals surface area contributed by atoms with Crippen LogP contribution in [0.4, 0.5) is 4.79 Å². The Kier molecular flexibility index (Phi) is 6.26. The van der Waals surface area contributed by atoms with Crippen molar-refractivity contribution in [2.24, 2.45) is 0 Å². The number of fused-ring (bicyclic) bond motifs is 1. The van der Waals surface area contributed by atoms with Gasteiger partial charge in [-0.25, -0.2) is 0 Å². The van der Waals surface area contributed by atoms with E-state index in [1.807, 2.05) is 67.6 Å². The molecule has 0 N–H and O–H groups in total. The third-order valence-corrected chi connectivity index (χ3v) is 7.50. The van der Waals surface area contributed by atoms with Gasteiger partial charge in [0.15, 0.2) is 0 Å². The highest BCUT2D eigenvalue weighted by Crippen LogP contribution is 2.36. The van der Waals surface area contributed by atoms with Gasteiger partial charge >= 0.3 is 0 Å². The Balaban J connectivity index is 1.51. The van der Waals surface area contributed by atoms with E-state index < -0.39 is 0 Å². The van der Waals surface area contributed by atoms with Gasteiger partial charge in [0.25, 0.3) is 11.1 Å². The highest BCUT2D eigenvalue weighted by molar-refractivity contribution is 8.18. The highest BCUT2D eigenvalue weighted by atomic mass is 35.5. The van der Waals surface area contributed by atoms with Gasteiger partial charge in [-0.1, -0.05) is 71.7 Å². The van der Waals surface area contributed by atoms with Crippen LogP contribution in [0.3, 0.4) is 0 Å². The van der Waals surface area contributed by atoms with Crippen LogP contribution in [-0.4, -0.2) is 20.6 Å². The van der Waals surface area contributed by atoms with E-state index in [0.717, 1.165) is 45.0 Å². The van der Waals surface area contributed by atoms with Crippen molar-refractivity contribution in [1.29, 1.82) is 0 Å². The Hall–Kier alpha value is -2.99. The molecule has 7 heteroatoms. The zero-order valence-electron chi connectivity index (χ0n) is 18.3. The molecule has 0 radical (unpaired) electrons. The molecule has 0 unspecified atom stereocenters. The summed E-state index contributed by atoms with van der Waals surface area (Å²) in [4.78, 5) is 27.5. The average molecular weight is 507 g/mol. The molecule has 170 valence electrons. The molecule has 1 aromatic heterocycles. The normalized spacial score (nSPS) is 15.1. The van der Waals surface area contributed by atoms with Crippen LogP contribution in [-0.2, 0) is 17.9 Å². The summed E-state index contributed by atoms with van der Waals surface area (Å²) in [5.41, 5.74) is 4.85. The molecule has 0 saturated carbocycles. The van der Waals surface area contributed by atoms with Crippen LogP contribution < -0.4 is 0 Å². The van der Waals surface area contributed by atoms with E-state index in [2.05, 4.69) is 10.6 Å². The summed E-state index contributed by atoms with van der Waals surface area (Å²) in [6.07, 6.45) is 1.84. The first-order valence-corrected chi connectivity index (χ1v) is 12.3. The predicted molar refractivity (Wildman–Crippen MR) is 140 cm³/mol. The number of imide groups is 1. The van der Waals surface area contributed by atoms with Crippen molar-refractivity contribution in [3.05, 3.63) is 110 Å². The molecule has 0 bridgehead atoms. The number of thioether (sulfide) groups is 1. The molecule has 0 atom stereocenters. The monoisotopic (exact) mass is 506 g/mol. The van der Waals surface area contributed by atoms with Crippen molar-refractivity contribution >= 4 is 63.1 Å². The first kappa shape index (κ1) is 22.8. The molecule has 34 heavy (non-hydrogen) atoms. The summed E-state index contributed by atoms with van der Waals surface area (Å²) in [5.74, 6) is -0.285.